The molecule has 2 aromatic carbocycles. The maximum absolute atomic E-state index is 12.6. The minimum Gasteiger partial charge on any atom is -0.493 e. The van der Waals surface area contributed by atoms with Gasteiger partial charge in [-0.25, -0.2) is 0 Å². The fraction of sp³-hybridized carbons (Fsp3) is 0.364. The van der Waals surface area contributed by atoms with Crippen LogP contribution < -0.4 is 20.1 Å². The molecule has 2 aromatic rings. The summed E-state index contributed by atoms with van der Waals surface area (Å²) in [5.74, 6) is 0.948. The number of nitrogens with one attached hydrogen (secondary N) is 2. The molecule has 6 heteroatoms. The highest BCUT2D eigenvalue weighted by Crippen LogP contribution is 2.24. The summed E-state index contributed by atoms with van der Waals surface area (Å²) in [6.07, 6.45) is 4.00. The van der Waals surface area contributed by atoms with E-state index in [0.29, 0.717) is 30.3 Å². The van der Waals surface area contributed by atoms with Crippen LogP contribution in [-0.4, -0.2) is 24.2 Å². The molecular weight excluding hydrogens is 372 g/mol. The van der Waals surface area contributed by atoms with Crippen molar-refractivity contribution in [3.63, 3.8) is 0 Å². The Kier molecular flexibility index (Phi) is 9.28. The lowest BCUT2D eigenvalue weighted by atomic mass is 10.2. The molecule has 2 N–H and O–H groups in total. The molecule has 0 radical (unpaired) electrons. The van der Waals surface area contributed by atoms with Gasteiger partial charge in [0.25, 0.3) is 5.91 Å². The van der Waals surface area contributed by atoms with Gasteiger partial charge in [-0.05, 0) is 49.3 Å². The van der Waals surface area contributed by atoms with Crippen molar-refractivity contribution in [2.24, 2.45) is 0 Å². The average Bonchev–Trinajstić information content (AvgIpc) is 2.70. The van der Waals surface area contributed by atoms with E-state index in [-0.39, 0.29) is 11.0 Å². The van der Waals surface area contributed by atoms with Gasteiger partial charge in [0.05, 0.1) is 24.5 Å². The number of amides is 1. The van der Waals surface area contributed by atoms with Crippen LogP contribution in [0.4, 0.5) is 5.69 Å². The Balaban J connectivity index is 1.99. The Morgan fingerprint density at radius 1 is 0.893 bits per heavy atom. The number of hydrogen-bond acceptors (Lipinski definition) is 4. The summed E-state index contributed by atoms with van der Waals surface area (Å²) in [6.45, 7) is 5.42. The Bertz CT molecular complexity index is 780. The molecule has 0 atom stereocenters. The Morgan fingerprint density at radius 2 is 1.46 bits per heavy atom. The van der Waals surface area contributed by atoms with E-state index in [1.54, 1.807) is 18.2 Å². The highest BCUT2D eigenvalue weighted by atomic mass is 32.1. The molecule has 5 nitrogen and oxygen atoms in total. The van der Waals surface area contributed by atoms with E-state index in [1.165, 1.54) is 0 Å². The van der Waals surface area contributed by atoms with Crippen LogP contribution in [0, 0.1) is 0 Å². The van der Waals surface area contributed by atoms with Crippen molar-refractivity contribution in [1.82, 2.24) is 5.32 Å². The first-order valence-electron chi connectivity index (χ1n) is 9.71. The monoisotopic (exact) mass is 400 g/mol. The van der Waals surface area contributed by atoms with Gasteiger partial charge in [-0.1, -0.05) is 51.0 Å². The van der Waals surface area contributed by atoms with Gasteiger partial charge in [0.15, 0.2) is 5.11 Å². The number of unbranched alkanes of at least 4 members (excludes halogenated alkanes) is 2. The zero-order valence-electron chi connectivity index (χ0n) is 16.5. The van der Waals surface area contributed by atoms with Crippen molar-refractivity contribution >= 4 is 28.9 Å². The van der Waals surface area contributed by atoms with Gasteiger partial charge in [-0.15, -0.1) is 0 Å². The standard InChI is InChI=1S/C22H28N2O3S/c1-3-5-15-26-19-13-9-7-11-17(19)21(25)24-22(28)23-18-12-8-10-14-20(18)27-16-6-4-2/h7-14H,3-6,15-16H2,1-2H3,(H2,23,24,25,28). The van der Waals surface area contributed by atoms with E-state index in [1.807, 2.05) is 30.3 Å². The number of benzene rings is 2. The number of ether oxygens (including phenoxy) is 2. The van der Waals surface area contributed by atoms with E-state index < -0.39 is 0 Å². The third-order valence-electron chi connectivity index (χ3n) is 4.00. The number of rotatable bonds is 10. The van der Waals surface area contributed by atoms with Gasteiger partial charge in [-0.3, -0.25) is 10.1 Å². The smallest absolute Gasteiger partial charge is 0.261 e. The molecule has 0 saturated heterocycles. The number of carbonyl (C=O) groups excluding carboxylic acids is 1. The topological polar surface area (TPSA) is 59.6 Å². The van der Waals surface area contributed by atoms with Crippen LogP contribution in [0.15, 0.2) is 48.5 Å². The van der Waals surface area contributed by atoms with Gasteiger partial charge < -0.3 is 14.8 Å². The second-order valence-corrected chi connectivity index (χ2v) is 6.71. The minimum atomic E-state index is -0.311. The molecule has 0 fully saturated rings. The van der Waals surface area contributed by atoms with E-state index >= 15 is 0 Å². The van der Waals surface area contributed by atoms with E-state index in [0.717, 1.165) is 31.4 Å². The molecule has 0 aliphatic carbocycles. The van der Waals surface area contributed by atoms with Gasteiger partial charge >= 0.3 is 0 Å². The molecule has 0 aliphatic rings. The third kappa shape index (κ3) is 6.85. The van der Waals surface area contributed by atoms with Gasteiger partial charge in [0, 0.05) is 0 Å². The van der Waals surface area contributed by atoms with Crippen LogP contribution in [0.25, 0.3) is 0 Å². The average molecular weight is 401 g/mol. The number of hydrogen-bond donors (Lipinski definition) is 2. The summed E-state index contributed by atoms with van der Waals surface area (Å²) in [7, 11) is 0. The molecule has 0 bridgehead atoms. The second-order valence-electron chi connectivity index (χ2n) is 6.30. The zero-order chi connectivity index (χ0) is 20.2. The predicted octanol–water partition coefficient (Wildman–Crippen LogP) is 5.17. The largest absolute Gasteiger partial charge is 0.493 e. The van der Waals surface area contributed by atoms with Crippen molar-refractivity contribution in [2.75, 3.05) is 18.5 Å². The van der Waals surface area contributed by atoms with Crippen molar-refractivity contribution < 1.29 is 14.3 Å². The summed E-state index contributed by atoms with van der Waals surface area (Å²) in [5, 5.41) is 5.97. The highest BCUT2D eigenvalue weighted by Gasteiger charge is 2.14. The first-order chi connectivity index (χ1) is 13.7. The lowest BCUT2D eigenvalue weighted by Gasteiger charge is -2.15. The van der Waals surface area contributed by atoms with Crippen molar-refractivity contribution in [3.05, 3.63) is 54.1 Å². The lowest BCUT2D eigenvalue weighted by molar-refractivity contribution is 0.0973. The van der Waals surface area contributed by atoms with E-state index in [4.69, 9.17) is 21.7 Å². The maximum Gasteiger partial charge on any atom is 0.261 e. The predicted molar refractivity (Wildman–Crippen MR) is 117 cm³/mol. The molecule has 2 rings (SSSR count). The van der Waals surface area contributed by atoms with Crippen LogP contribution in [0.2, 0.25) is 0 Å². The van der Waals surface area contributed by atoms with Crippen LogP contribution >= 0.6 is 12.2 Å². The van der Waals surface area contributed by atoms with Gasteiger partial charge in [0.1, 0.15) is 11.5 Å². The fourth-order valence-corrected chi connectivity index (χ4v) is 2.66. The van der Waals surface area contributed by atoms with Crippen molar-refractivity contribution in [3.8, 4) is 11.5 Å². The molecule has 0 unspecified atom stereocenters. The first-order valence-corrected chi connectivity index (χ1v) is 10.1. The van der Waals surface area contributed by atoms with Crippen molar-refractivity contribution in [2.45, 2.75) is 39.5 Å². The highest BCUT2D eigenvalue weighted by molar-refractivity contribution is 7.80. The Labute approximate surface area is 172 Å². The van der Waals surface area contributed by atoms with Crippen LogP contribution in [-0.2, 0) is 0 Å². The molecule has 0 spiro atoms. The Hall–Kier alpha value is -2.60. The molecule has 0 heterocycles. The van der Waals surface area contributed by atoms with Crippen LogP contribution in [0.3, 0.4) is 0 Å². The SMILES string of the molecule is CCCCOc1ccccc1NC(=S)NC(=O)c1ccccc1OCCCC. The molecule has 1 amide bonds. The first kappa shape index (κ1) is 21.7. The third-order valence-corrected chi connectivity index (χ3v) is 4.21. The molecular formula is C22H28N2O3S. The zero-order valence-corrected chi connectivity index (χ0v) is 17.3. The number of anilines is 1. The van der Waals surface area contributed by atoms with E-state index in [9.17, 15) is 4.79 Å². The molecule has 0 saturated carbocycles. The summed E-state index contributed by atoms with van der Waals surface area (Å²) in [4.78, 5) is 12.6. The maximum atomic E-state index is 12.6. The van der Waals surface area contributed by atoms with Gasteiger partial charge in [-0.2, -0.15) is 0 Å². The summed E-state index contributed by atoms with van der Waals surface area (Å²) in [6, 6.07) is 14.7. The molecule has 28 heavy (non-hydrogen) atoms. The lowest BCUT2D eigenvalue weighted by Crippen LogP contribution is -2.34. The summed E-state index contributed by atoms with van der Waals surface area (Å²) >= 11 is 5.32. The van der Waals surface area contributed by atoms with Crippen LogP contribution in [0.5, 0.6) is 11.5 Å². The minimum absolute atomic E-state index is 0.208. The quantitative estimate of drug-likeness (QED) is 0.425. The van der Waals surface area contributed by atoms with Crippen molar-refractivity contribution in [1.29, 1.82) is 0 Å². The summed E-state index contributed by atoms with van der Waals surface area (Å²) in [5.41, 5.74) is 1.17. The van der Waals surface area contributed by atoms with Crippen LogP contribution in [0.1, 0.15) is 49.9 Å². The molecule has 150 valence electrons. The summed E-state index contributed by atoms with van der Waals surface area (Å²) < 4.78 is 11.5. The number of carbonyl (C=O) groups is 1. The van der Waals surface area contributed by atoms with Gasteiger partial charge in [0.2, 0.25) is 0 Å². The second kappa shape index (κ2) is 12.0. The molecule has 0 aliphatic heterocycles. The number of para-hydroxylation sites is 3. The fourth-order valence-electron chi connectivity index (χ4n) is 2.45. The normalized spacial score (nSPS) is 10.2. The molecule has 0 aromatic heterocycles. The van der Waals surface area contributed by atoms with E-state index in [2.05, 4.69) is 24.5 Å². The number of thiocarbonyl (C=S) groups is 1. The Morgan fingerprint density at radius 3 is 2.14 bits per heavy atom.